The van der Waals surface area contributed by atoms with Gasteiger partial charge in [0.05, 0.1) is 5.69 Å². The summed E-state index contributed by atoms with van der Waals surface area (Å²) in [4.78, 5) is 8.20. The van der Waals surface area contributed by atoms with E-state index in [0.717, 1.165) is 17.1 Å². The molecule has 0 aliphatic rings. The second-order valence-corrected chi connectivity index (χ2v) is 4.14. The monoisotopic (exact) mass is 229 g/mol. The number of allylic oxidation sites excluding steroid dienone is 2. The van der Waals surface area contributed by atoms with Crippen LogP contribution in [0, 0.1) is 5.92 Å². The van der Waals surface area contributed by atoms with E-state index in [9.17, 15) is 0 Å². The maximum absolute atomic E-state index is 4.23. The first kappa shape index (κ1) is 13.2. The fourth-order valence-electron chi connectivity index (χ4n) is 1.45. The SMILES string of the molecule is C=N/C(=C\N/C(C)=C/C(C)C)c1ccccn1. The summed E-state index contributed by atoms with van der Waals surface area (Å²) in [5.41, 5.74) is 2.64. The molecule has 1 rings (SSSR count). The Morgan fingerprint density at radius 3 is 2.76 bits per heavy atom. The van der Waals surface area contributed by atoms with Gasteiger partial charge in [-0.15, -0.1) is 0 Å². The average Bonchev–Trinajstić information content (AvgIpc) is 2.30. The third-order valence-corrected chi connectivity index (χ3v) is 2.12. The highest BCUT2D eigenvalue weighted by Gasteiger charge is 1.98. The molecule has 0 saturated carbocycles. The molecule has 1 aromatic heterocycles. The van der Waals surface area contributed by atoms with Gasteiger partial charge in [-0.05, 0) is 31.7 Å². The summed E-state index contributed by atoms with van der Waals surface area (Å²) in [6.07, 6.45) is 5.71. The normalized spacial score (nSPS) is 12.7. The average molecular weight is 229 g/mol. The molecule has 1 heterocycles. The van der Waals surface area contributed by atoms with Gasteiger partial charge in [-0.2, -0.15) is 0 Å². The van der Waals surface area contributed by atoms with E-state index >= 15 is 0 Å². The molecule has 3 heteroatoms. The third kappa shape index (κ3) is 4.64. The number of nitrogens with zero attached hydrogens (tertiary/aromatic N) is 2. The van der Waals surface area contributed by atoms with E-state index in [4.69, 9.17) is 0 Å². The van der Waals surface area contributed by atoms with Crippen molar-refractivity contribution in [3.8, 4) is 0 Å². The molecule has 1 aromatic rings. The lowest BCUT2D eigenvalue weighted by Crippen LogP contribution is -2.04. The highest BCUT2D eigenvalue weighted by Crippen LogP contribution is 2.11. The zero-order chi connectivity index (χ0) is 12.7. The van der Waals surface area contributed by atoms with Crippen LogP contribution in [0.4, 0.5) is 0 Å². The van der Waals surface area contributed by atoms with Crippen LogP contribution in [-0.2, 0) is 0 Å². The second kappa shape index (κ2) is 6.63. The lowest BCUT2D eigenvalue weighted by Gasteiger charge is -2.05. The number of pyridine rings is 1. The van der Waals surface area contributed by atoms with E-state index in [1.165, 1.54) is 0 Å². The molecule has 0 radical (unpaired) electrons. The number of hydrogen-bond donors (Lipinski definition) is 1. The quantitative estimate of drug-likeness (QED) is 0.787. The smallest absolute Gasteiger partial charge is 0.104 e. The molecule has 0 unspecified atom stereocenters. The van der Waals surface area contributed by atoms with Crippen molar-refractivity contribution in [3.05, 3.63) is 48.1 Å². The minimum absolute atomic E-state index is 0.519. The zero-order valence-electron chi connectivity index (χ0n) is 10.6. The molecule has 0 bridgehead atoms. The van der Waals surface area contributed by atoms with Gasteiger partial charge in [-0.3, -0.25) is 9.98 Å². The number of hydrogen-bond acceptors (Lipinski definition) is 3. The largest absolute Gasteiger partial charge is 0.364 e. The molecule has 0 aliphatic heterocycles. The van der Waals surface area contributed by atoms with Crippen LogP contribution in [0.3, 0.4) is 0 Å². The molecule has 1 N–H and O–H groups in total. The Morgan fingerprint density at radius 1 is 1.47 bits per heavy atom. The van der Waals surface area contributed by atoms with Crippen LogP contribution in [0.2, 0.25) is 0 Å². The van der Waals surface area contributed by atoms with Crippen LogP contribution in [-0.4, -0.2) is 11.7 Å². The molecular formula is C14H19N3. The van der Waals surface area contributed by atoms with Gasteiger partial charge in [0.2, 0.25) is 0 Å². The van der Waals surface area contributed by atoms with Crippen molar-refractivity contribution in [3.63, 3.8) is 0 Å². The van der Waals surface area contributed by atoms with E-state index in [1.807, 2.05) is 31.3 Å². The third-order valence-electron chi connectivity index (χ3n) is 2.12. The number of rotatable bonds is 5. The van der Waals surface area contributed by atoms with Crippen LogP contribution < -0.4 is 5.32 Å². The number of nitrogens with one attached hydrogen (secondary N) is 1. The summed E-state index contributed by atoms with van der Waals surface area (Å²) < 4.78 is 0. The molecule has 0 amide bonds. The Bertz CT molecular complexity index is 416. The van der Waals surface area contributed by atoms with E-state index < -0.39 is 0 Å². The van der Waals surface area contributed by atoms with Gasteiger partial charge < -0.3 is 5.32 Å². The fourth-order valence-corrected chi connectivity index (χ4v) is 1.45. The van der Waals surface area contributed by atoms with Crippen molar-refractivity contribution in [1.29, 1.82) is 0 Å². The van der Waals surface area contributed by atoms with E-state index in [0.29, 0.717) is 5.92 Å². The lowest BCUT2D eigenvalue weighted by molar-refractivity contribution is 0.808. The molecule has 0 aromatic carbocycles. The van der Waals surface area contributed by atoms with Crippen molar-refractivity contribution in [2.75, 3.05) is 0 Å². The topological polar surface area (TPSA) is 37.3 Å². The second-order valence-electron chi connectivity index (χ2n) is 4.14. The van der Waals surface area contributed by atoms with Gasteiger partial charge in [0, 0.05) is 18.1 Å². The van der Waals surface area contributed by atoms with Crippen molar-refractivity contribution < 1.29 is 0 Å². The molecule has 0 spiro atoms. The zero-order valence-corrected chi connectivity index (χ0v) is 10.6. The van der Waals surface area contributed by atoms with Crippen LogP contribution in [0.5, 0.6) is 0 Å². The highest BCUT2D eigenvalue weighted by molar-refractivity contribution is 5.64. The molecule has 0 fully saturated rings. The van der Waals surface area contributed by atoms with E-state index in [1.54, 1.807) is 6.20 Å². The van der Waals surface area contributed by atoms with Crippen LogP contribution in [0.1, 0.15) is 26.5 Å². The van der Waals surface area contributed by atoms with Gasteiger partial charge in [0.25, 0.3) is 0 Å². The number of aromatic nitrogens is 1. The Morgan fingerprint density at radius 2 is 2.24 bits per heavy atom. The van der Waals surface area contributed by atoms with Crippen LogP contribution >= 0.6 is 0 Å². The molecule has 90 valence electrons. The Labute approximate surface area is 103 Å². The van der Waals surface area contributed by atoms with Gasteiger partial charge >= 0.3 is 0 Å². The standard InChI is InChI=1S/C14H19N3/c1-11(2)9-12(3)17-10-14(15-4)13-7-5-6-8-16-13/h5-11,17H,4H2,1-3H3/b12-9+,14-10-. The lowest BCUT2D eigenvalue weighted by atomic mass is 10.2. The minimum atomic E-state index is 0.519. The summed E-state index contributed by atoms with van der Waals surface area (Å²) in [6.45, 7) is 9.86. The molecule has 17 heavy (non-hydrogen) atoms. The molecular weight excluding hydrogens is 210 g/mol. The van der Waals surface area contributed by atoms with Crippen molar-refractivity contribution in [2.45, 2.75) is 20.8 Å². The summed E-state index contributed by atoms with van der Waals surface area (Å²) in [6, 6.07) is 5.71. The molecule has 0 saturated heterocycles. The first-order chi connectivity index (χ1) is 8.13. The summed E-state index contributed by atoms with van der Waals surface area (Å²) in [7, 11) is 0. The molecule has 0 aliphatic carbocycles. The molecule has 3 nitrogen and oxygen atoms in total. The Kier molecular flexibility index (Phi) is 5.14. The van der Waals surface area contributed by atoms with Gasteiger partial charge in [0.15, 0.2) is 0 Å². The predicted octanol–water partition coefficient (Wildman–Crippen LogP) is 3.23. The minimum Gasteiger partial charge on any atom is -0.364 e. The van der Waals surface area contributed by atoms with E-state index in [-0.39, 0.29) is 0 Å². The number of aliphatic imine (C=N–C) groups is 1. The molecule has 0 atom stereocenters. The first-order valence-electron chi connectivity index (χ1n) is 5.66. The van der Waals surface area contributed by atoms with Crippen molar-refractivity contribution in [1.82, 2.24) is 10.3 Å². The maximum atomic E-state index is 4.23. The summed E-state index contributed by atoms with van der Waals surface area (Å²) >= 11 is 0. The summed E-state index contributed by atoms with van der Waals surface area (Å²) in [5, 5.41) is 3.19. The van der Waals surface area contributed by atoms with Crippen LogP contribution in [0.25, 0.3) is 5.70 Å². The van der Waals surface area contributed by atoms with E-state index in [2.05, 4.69) is 41.9 Å². The van der Waals surface area contributed by atoms with Crippen molar-refractivity contribution >= 4 is 12.4 Å². The predicted molar refractivity (Wildman–Crippen MR) is 73.5 cm³/mol. The summed E-state index contributed by atoms with van der Waals surface area (Å²) in [5.74, 6) is 0.519. The Balaban J connectivity index is 2.79. The van der Waals surface area contributed by atoms with Crippen molar-refractivity contribution in [2.24, 2.45) is 10.9 Å². The van der Waals surface area contributed by atoms with Gasteiger partial charge in [0.1, 0.15) is 5.70 Å². The van der Waals surface area contributed by atoms with Crippen LogP contribution in [0.15, 0.2) is 47.4 Å². The maximum Gasteiger partial charge on any atom is 0.104 e. The van der Waals surface area contributed by atoms with Gasteiger partial charge in [-0.1, -0.05) is 26.0 Å². The van der Waals surface area contributed by atoms with Gasteiger partial charge in [-0.25, -0.2) is 0 Å². The first-order valence-corrected chi connectivity index (χ1v) is 5.66. The fraction of sp³-hybridized carbons (Fsp3) is 0.286. The Hall–Kier alpha value is -1.90. The highest BCUT2D eigenvalue weighted by atomic mass is 14.9.